The van der Waals surface area contributed by atoms with Gasteiger partial charge in [-0.15, -0.1) is 0 Å². The predicted octanol–water partition coefficient (Wildman–Crippen LogP) is 0.733. The van der Waals surface area contributed by atoms with E-state index in [1.54, 1.807) is 19.1 Å². The molecule has 2 N–H and O–H groups in total. The molecule has 0 saturated heterocycles. The number of halogens is 1. The molecule has 7 heteroatoms. The van der Waals surface area contributed by atoms with Crippen molar-refractivity contribution in [3.63, 3.8) is 0 Å². The summed E-state index contributed by atoms with van der Waals surface area (Å²) in [5.74, 6) is 0. The maximum absolute atomic E-state index is 12.3. The second-order valence-electron chi connectivity index (χ2n) is 3.76. The van der Waals surface area contributed by atoms with Crippen molar-refractivity contribution in [1.82, 2.24) is 4.31 Å². The quantitative estimate of drug-likeness (QED) is 0.802. The number of nitrogens with zero attached hydrogens (tertiary/aromatic N) is 1. The summed E-state index contributed by atoms with van der Waals surface area (Å²) in [6.07, 6.45) is 0. The molecule has 0 atom stereocenters. The molecule has 0 aliphatic rings. The first kappa shape index (κ1) is 15.6. The summed E-state index contributed by atoms with van der Waals surface area (Å²) < 4.78 is 26.4. The van der Waals surface area contributed by atoms with Crippen LogP contribution in [-0.4, -0.2) is 49.2 Å². The Hall–Kier alpha value is -0.470. The van der Waals surface area contributed by atoms with Crippen molar-refractivity contribution < 1.29 is 18.6 Å². The van der Waals surface area contributed by atoms with E-state index in [4.69, 9.17) is 10.2 Å². The summed E-state index contributed by atoms with van der Waals surface area (Å²) in [7, 11) is -3.67. The molecule has 0 radical (unpaired) electrons. The third kappa shape index (κ3) is 3.52. The number of rotatable bonds is 6. The number of aryl methyl sites for hydroxylation is 1. The number of hydrogen-bond acceptors (Lipinski definition) is 4. The lowest BCUT2D eigenvalue weighted by Gasteiger charge is -2.20. The molecule has 0 unspecified atom stereocenters. The molecule has 0 aliphatic heterocycles. The van der Waals surface area contributed by atoms with E-state index in [0.717, 1.165) is 14.3 Å². The van der Waals surface area contributed by atoms with Crippen molar-refractivity contribution in [2.24, 2.45) is 0 Å². The molecular weight excluding hydrogens is 322 g/mol. The normalized spacial score (nSPS) is 12.1. The van der Waals surface area contributed by atoms with Crippen molar-refractivity contribution in [3.05, 3.63) is 28.2 Å². The lowest BCUT2D eigenvalue weighted by Crippen LogP contribution is -2.35. The zero-order valence-corrected chi connectivity index (χ0v) is 12.4. The number of benzene rings is 1. The van der Waals surface area contributed by atoms with Crippen LogP contribution >= 0.6 is 15.9 Å². The average Bonchev–Trinajstić information content (AvgIpc) is 2.32. The fraction of sp³-hybridized carbons (Fsp3) is 0.455. The minimum atomic E-state index is -3.67. The molecule has 18 heavy (non-hydrogen) atoms. The Kier molecular flexibility index (Phi) is 5.74. The van der Waals surface area contributed by atoms with Gasteiger partial charge in [0.1, 0.15) is 0 Å². The second kappa shape index (κ2) is 6.63. The Labute approximate surface area is 115 Å². The molecule has 0 bridgehead atoms. The maximum atomic E-state index is 12.3. The number of sulfonamides is 1. The SMILES string of the molecule is Cc1cc(S(=O)(=O)N(CCO)CCO)ccc1Br. The van der Waals surface area contributed by atoms with E-state index < -0.39 is 10.0 Å². The van der Waals surface area contributed by atoms with Gasteiger partial charge in [-0.1, -0.05) is 15.9 Å². The van der Waals surface area contributed by atoms with Gasteiger partial charge in [0, 0.05) is 17.6 Å². The molecule has 1 aromatic rings. The van der Waals surface area contributed by atoms with Crippen LogP contribution in [0.5, 0.6) is 0 Å². The molecule has 0 aliphatic carbocycles. The maximum Gasteiger partial charge on any atom is 0.243 e. The van der Waals surface area contributed by atoms with Crippen LogP contribution < -0.4 is 0 Å². The zero-order chi connectivity index (χ0) is 13.8. The molecule has 102 valence electrons. The van der Waals surface area contributed by atoms with E-state index in [-0.39, 0.29) is 31.2 Å². The van der Waals surface area contributed by atoms with Gasteiger partial charge in [0.2, 0.25) is 10.0 Å². The summed E-state index contributed by atoms with van der Waals surface area (Å²) in [6, 6.07) is 4.72. The Morgan fingerprint density at radius 2 is 1.78 bits per heavy atom. The molecule has 0 saturated carbocycles. The van der Waals surface area contributed by atoms with Crippen LogP contribution in [0.2, 0.25) is 0 Å². The first-order chi connectivity index (χ1) is 8.43. The van der Waals surface area contributed by atoms with Crippen LogP contribution in [0.1, 0.15) is 5.56 Å². The van der Waals surface area contributed by atoms with Gasteiger partial charge >= 0.3 is 0 Å². The van der Waals surface area contributed by atoms with Crippen LogP contribution in [-0.2, 0) is 10.0 Å². The van der Waals surface area contributed by atoms with E-state index in [0.29, 0.717) is 0 Å². The van der Waals surface area contributed by atoms with Gasteiger partial charge in [-0.2, -0.15) is 4.31 Å². The van der Waals surface area contributed by atoms with E-state index in [2.05, 4.69) is 15.9 Å². The topological polar surface area (TPSA) is 77.8 Å². The molecule has 0 fully saturated rings. The predicted molar refractivity (Wildman–Crippen MR) is 71.8 cm³/mol. The molecular formula is C11H16BrNO4S. The minimum Gasteiger partial charge on any atom is -0.395 e. The molecule has 0 amide bonds. The van der Waals surface area contributed by atoms with Crippen LogP contribution in [0, 0.1) is 6.92 Å². The van der Waals surface area contributed by atoms with Gasteiger partial charge in [0.05, 0.1) is 18.1 Å². The third-order valence-corrected chi connectivity index (χ3v) is 5.25. The van der Waals surface area contributed by atoms with Gasteiger partial charge in [0.25, 0.3) is 0 Å². The fourth-order valence-corrected chi connectivity index (χ4v) is 3.26. The Morgan fingerprint density at radius 1 is 1.22 bits per heavy atom. The number of aliphatic hydroxyl groups excluding tert-OH is 2. The minimum absolute atomic E-state index is 0.0298. The Morgan fingerprint density at radius 3 is 2.22 bits per heavy atom. The lowest BCUT2D eigenvalue weighted by molar-refractivity contribution is 0.217. The van der Waals surface area contributed by atoms with Gasteiger partial charge < -0.3 is 10.2 Å². The highest BCUT2D eigenvalue weighted by Crippen LogP contribution is 2.22. The monoisotopic (exact) mass is 337 g/mol. The van der Waals surface area contributed by atoms with E-state index in [9.17, 15) is 8.42 Å². The first-order valence-electron chi connectivity index (χ1n) is 5.41. The average molecular weight is 338 g/mol. The summed E-state index contributed by atoms with van der Waals surface area (Å²) in [5, 5.41) is 17.8. The Balaban J connectivity index is 3.13. The standard InChI is InChI=1S/C11H16BrNO4S/c1-9-8-10(2-3-11(9)12)18(16,17)13(4-6-14)5-7-15/h2-3,8,14-15H,4-7H2,1H3. The first-order valence-corrected chi connectivity index (χ1v) is 7.65. The summed E-state index contributed by atoms with van der Waals surface area (Å²) in [4.78, 5) is 0.158. The highest BCUT2D eigenvalue weighted by Gasteiger charge is 2.23. The van der Waals surface area contributed by atoms with Crippen molar-refractivity contribution in [3.8, 4) is 0 Å². The summed E-state index contributed by atoms with van der Waals surface area (Å²) in [5.41, 5.74) is 0.809. The number of hydrogen-bond donors (Lipinski definition) is 2. The summed E-state index contributed by atoms with van der Waals surface area (Å²) in [6.45, 7) is 1.17. The van der Waals surface area contributed by atoms with Gasteiger partial charge in [-0.05, 0) is 30.7 Å². The van der Waals surface area contributed by atoms with Crippen molar-refractivity contribution >= 4 is 26.0 Å². The highest BCUT2D eigenvalue weighted by atomic mass is 79.9. The van der Waals surface area contributed by atoms with Crippen molar-refractivity contribution in [1.29, 1.82) is 0 Å². The molecule has 0 aromatic heterocycles. The van der Waals surface area contributed by atoms with Crippen LogP contribution in [0.25, 0.3) is 0 Å². The smallest absolute Gasteiger partial charge is 0.243 e. The number of aliphatic hydroxyl groups is 2. The molecule has 0 spiro atoms. The van der Waals surface area contributed by atoms with Gasteiger partial charge in [0.15, 0.2) is 0 Å². The zero-order valence-electron chi connectivity index (χ0n) is 10.0. The fourth-order valence-electron chi connectivity index (χ4n) is 1.50. The molecule has 0 heterocycles. The lowest BCUT2D eigenvalue weighted by atomic mass is 10.2. The van der Waals surface area contributed by atoms with Crippen molar-refractivity contribution in [2.45, 2.75) is 11.8 Å². The Bertz CT molecular complexity index is 498. The van der Waals surface area contributed by atoms with E-state index in [1.165, 1.54) is 6.07 Å². The van der Waals surface area contributed by atoms with Gasteiger partial charge in [-0.25, -0.2) is 8.42 Å². The van der Waals surface area contributed by atoms with E-state index >= 15 is 0 Å². The molecule has 1 rings (SSSR count). The van der Waals surface area contributed by atoms with Crippen LogP contribution in [0.4, 0.5) is 0 Å². The molecule has 1 aromatic carbocycles. The second-order valence-corrected chi connectivity index (χ2v) is 6.55. The third-order valence-electron chi connectivity index (χ3n) is 2.47. The van der Waals surface area contributed by atoms with E-state index in [1.807, 2.05) is 0 Å². The molecule has 5 nitrogen and oxygen atoms in total. The van der Waals surface area contributed by atoms with Crippen molar-refractivity contribution in [2.75, 3.05) is 26.3 Å². The largest absolute Gasteiger partial charge is 0.395 e. The van der Waals surface area contributed by atoms with Crippen LogP contribution in [0.3, 0.4) is 0 Å². The highest BCUT2D eigenvalue weighted by molar-refractivity contribution is 9.10. The van der Waals surface area contributed by atoms with Crippen LogP contribution in [0.15, 0.2) is 27.6 Å². The summed E-state index contributed by atoms with van der Waals surface area (Å²) >= 11 is 3.31. The van der Waals surface area contributed by atoms with Gasteiger partial charge in [-0.3, -0.25) is 0 Å².